The van der Waals surface area contributed by atoms with E-state index in [1.165, 1.54) is 12.1 Å². The number of hydrogen-bond donors (Lipinski definition) is 0. The lowest BCUT2D eigenvalue weighted by atomic mass is 9.99. The van der Waals surface area contributed by atoms with Gasteiger partial charge in [0, 0.05) is 23.3 Å². The van der Waals surface area contributed by atoms with Gasteiger partial charge in [0.05, 0.1) is 10.6 Å². The van der Waals surface area contributed by atoms with Gasteiger partial charge in [0.1, 0.15) is 21.6 Å². The summed E-state index contributed by atoms with van der Waals surface area (Å²) in [4.78, 5) is 9.44. The van der Waals surface area contributed by atoms with Gasteiger partial charge in [0.2, 0.25) is 0 Å². The fraction of sp³-hybridized carbons (Fsp3) is 0. The number of hydrogen-bond acceptors (Lipinski definition) is 3. The molecule has 1 unspecified atom stereocenters. The van der Waals surface area contributed by atoms with Crippen LogP contribution in [0.15, 0.2) is 64.8 Å². The van der Waals surface area contributed by atoms with Gasteiger partial charge in [-0.15, -0.1) is 0 Å². The first kappa shape index (κ1) is 12.8. The first-order valence-corrected chi connectivity index (χ1v) is 8.27. The van der Waals surface area contributed by atoms with Crippen molar-refractivity contribution in [3.63, 3.8) is 0 Å². The summed E-state index contributed by atoms with van der Waals surface area (Å²) >= 11 is 0. The zero-order valence-electron chi connectivity index (χ0n) is 11.8. The minimum absolute atomic E-state index is 0.287. The van der Waals surface area contributed by atoms with Crippen LogP contribution in [-0.4, -0.2) is 14.2 Å². The zero-order valence-corrected chi connectivity index (χ0v) is 12.6. The van der Waals surface area contributed by atoms with Gasteiger partial charge >= 0.3 is 0 Å². The van der Waals surface area contributed by atoms with E-state index in [9.17, 15) is 8.60 Å². The molecule has 23 heavy (non-hydrogen) atoms. The van der Waals surface area contributed by atoms with E-state index in [0.717, 1.165) is 32.8 Å². The molecule has 1 aliphatic rings. The van der Waals surface area contributed by atoms with Gasteiger partial charge in [-0.25, -0.2) is 13.6 Å². The van der Waals surface area contributed by atoms with Crippen molar-refractivity contribution in [2.45, 2.75) is 9.92 Å². The van der Waals surface area contributed by atoms with E-state index in [-0.39, 0.29) is 5.82 Å². The monoisotopic (exact) mass is 320 g/mol. The van der Waals surface area contributed by atoms with Gasteiger partial charge < -0.3 is 0 Å². The molecule has 0 bridgehead atoms. The lowest BCUT2D eigenvalue weighted by Crippen LogP contribution is -2.07. The van der Waals surface area contributed by atoms with Crippen molar-refractivity contribution >= 4 is 32.3 Å². The van der Waals surface area contributed by atoms with Crippen LogP contribution in [0.2, 0.25) is 0 Å². The Labute approximate surface area is 133 Å². The molecule has 0 saturated carbocycles. The SMILES string of the molecule is O=S1c2ncccc2-c2nccc3c2c1cc1ccc(F)cc13. The largest absolute Gasteiger partial charge is 0.255 e. The molecule has 3 heterocycles. The molecule has 0 saturated heterocycles. The van der Waals surface area contributed by atoms with E-state index in [1.807, 2.05) is 24.3 Å². The molecule has 1 aliphatic heterocycles. The van der Waals surface area contributed by atoms with Gasteiger partial charge in [-0.1, -0.05) is 6.07 Å². The summed E-state index contributed by atoms with van der Waals surface area (Å²) in [6.45, 7) is 0. The van der Waals surface area contributed by atoms with Crippen LogP contribution in [0.1, 0.15) is 0 Å². The quantitative estimate of drug-likeness (QED) is 0.404. The van der Waals surface area contributed by atoms with E-state index in [4.69, 9.17) is 0 Å². The second-order valence-electron chi connectivity index (χ2n) is 5.45. The maximum Gasteiger partial charge on any atom is 0.141 e. The van der Waals surface area contributed by atoms with E-state index < -0.39 is 10.8 Å². The molecule has 110 valence electrons. The van der Waals surface area contributed by atoms with Gasteiger partial charge in [-0.3, -0.25) is 4.98 Å². The molecule has 0 N–H and O–H groups in total. The average molecular weight is 320 g/mol. The summed E-state index contributed by atoms with van der Waals surface area (Å²) in [6.07, 6.45) is 3.34. The van der Waals surface area contributed by atoms with Crippen molar-refractivity contribution in [1.29, 1.82) is 0 Å². The van der Waals surface area contributed by atoms with Crippen LogP contribution in [0, 0.1) is 5.82 Å². The molecule has 5 heteroatoms. The Hall–Kier alpha value is -2.66. The van der Waals surface area contributed by atoms with Gasteiger partial charge in [-0.05, 0) is 52.6 Å². The molecule has 3 nitrogen and oxygen atoms in total. The summed E-state index contributed by atoms with van der Waals surface area (Å²) in [6, 6.07) is 12.0. The Morgan fingerprint density at radius 1 is 0.957 bits per heavy atom. The molecule has 0 amide bonds. The highest BCUT2D eigenvalue weighted by molar-refractivity contribution is 7.85. The van der Waals surface area contributed by atoms with Crippen LogP contribution < -0.4 is 0 Å². The van der Waals surface area contributed by atoms with Crippen LogP contribution in [-0.2, 0) is 10.8 Å². The molecule has 5 rings (SSSR count). The van der Waals surface area contributed by atoms with E-state index in [0.29, 0.717) is 9.92 Å². The van der Waals surface area contributed by atoms with Crippen LogP contribution in [0.25, 0.3) is 32.8 Å². The normalized spacial score (nSPS) is 15.8. The van der Waals surface area contributed by atoms with Crippen molar-refractivity contribution in [3.05, 3.63) is 60.7 Å². The summed E-state index contributed by atoms with van der Waals surface area (Å²) in [7, 11) is -1.37. The number of halogens is 1. The first-order valence-electron chi connectivity index (χ1n) is 7.12. The Morgan fingerprint density at radius 3 is 2.78 bits per heavy atom. The van der Waals surface area contributed by atoms with Crippen molar-refractivity contribution in [2.24, 2.45) is 0 Å². The summed E-state index contributed by atoms with van der Waals surface area (Å²) in [5.74, 6) is -0.287. The lowest BCUT2D eigenvalue weighted by molar-refractivity contribution is 0.630. The van der Waals surface area contributed by atoms with Crippen LogP contribution >= 0.6 is 0 Å². The third-order valence-corrected chi connectivity index (χ3v) is 5.59. The molecule has 2 aromatic carbocycles. The second kappa shape index (κ2) is 4.43. The van der Waals surface area contributed by atoms with Crippen LogP contribution in [0.5, 0.6) is 0 Å². The standard InChI is InChI=1S/C18H9FN2OS/c19-11-4-3-10-8-15-16-12(14(10)9-11)5-7-20-17(16)13-2-1-6-21-18(13)23(15)22/h1-9H. The molecule has 1 atom stereocenters. The summed E-state index contributed by atoms with van der Waals surface area (Å²) in [5, 5.41) is 3.88. The molecular formula is C18H9FN2OS. The number of benzene rings is 2. The van der Waals surface area contributed by atoms with E-state index >= 15 is 0 Å². The third-order valence-electron chi connectivity index (χ3n) is 4.19. The smallest absolute Gasteiger partial charge is 0.141 e. The van der Waals surface area contributed by atoms with Gasteiger partial charge in [0.25, 0.3) is 0 Å². The Kier molecular flexibility index (Phi) is 2.47. The highest BCUT2D eigenvalue weighted by atomic mass is 32.2. The predicted octanol–water partition coefficient (Wildman–Crippen LogP) is 4.07. The maximum atomic E-state index is 13.7. The number of fused-ring (bicyclic) bond motifs is 4. The maximum absolute atomic E-state index is 13.7. The van der Waals surface area contributed by atoms with E-state index in [2.05, 4.69) is 9.97 Å². The molecule has 2 aromatic heterocycles. The molecule has 0 radical (unpaired) electrons. The highest BCUT2D eigenvalue weighted by Crippen LogP contribution is 2.42. The fourth-order valence-electron chi connectivity index (χ4n) is 3.21. The van der Waals surface area contributed by atoms with Crippen molar-refractivity contribution in [1.82, 2.24) is 9.97 Å². The molecule has 0 fully saturated rings. The minimum atomic E-state index is -1.37. The fourth-order valence-corrected chi connectivity index (χ4v) is 4.57. The molecule has 0 spiro atoms. The Bertz CT molecular complexity index is 1160. The predicted molar refractivity (Wildman–Crippen MR) is 87.1 cm³/mol. The molecular weight excluding hydrogens is 311 g/mol. The average Bonchev–Trinajstić information content (AvgIpc) is 2.59. The second-order valence-corrected chi connectivity index (χ2v) is 6.81. The molecule has 4 aromatic rings. The zero-order chi connectivity index (χ0) is 15.6. The highest BCUT2D eigenvalue weighted by Gasteiger charge is 2.27. The number of aromatic nitrogens is 2. The number of rotatable bonds is 0. The van der Waals surface area contributed by atoms with Gasteiger partial charge in [-0.2, -0.15) is 0 Å². The Morgan fingerprint density at radius 2 is 1.87 bits per heavy atom. The van der Waals surface area contributed by atoms with Crippen LogP contribution in [0.4, 0.5) is 4.39 Å². The number of pyridine rings is 2. The van der Waals surface area contributed by atoms with Crippen molar-refractivity contribution in [3.8, 4) is 11.3 Å². The summed E-state index contributed by atoms with van der Waals surface area (Å²) < 4.78 is 26.6. The first-order chi connectivity index (χ1) is 11.2. The minimum Gasteiger partial charge on any atom is -0.255 e. The van der Waals surface area contributed by atoms with Crippen molar-refractivity contribution < 1.29 is 8.60 Å². The van der Waals surface area contributed by atoms with Crippen molar-refractivity contribution in [2.75, 3.05) is 0 Å². The van der Waals surface area contributed by atoms with E-state index in [1.54, 1.807) is 18.5 Å². The molecule has 0 aliphatic carbocycles. The lowest BCUT2D eigenvalue weighted by Gasteiger charge is -2.19. The topological polar surface area (TPSA) is 42.9 Å². The Balaban J connectivity index is 2.07. The number of nitrogens with zero attached hydrogens (tertiary/aromatic N) is 2. The van der Waals surface area contributed by atoms with Crippen LogP contribution in [0.3, 0.4) is 0 Å². The third kappa shape index (κ3) is 1.65. The van der Waals surface area contributed by atoms with Gasteiger partial charge in [0.15, 0.2) is 0 Å². The summed E-state index contributed by atoms with van der Waals surface area (Å²) in [5.41, 5.74) is 1.53.